The summed E-state index contributed by atoms with van der Waals surface area (Å²) in [7, 11) is 0. The van der Waals surface area contributed by atoms with E-state index < -0.39 is 0 Å². The van der Waals surface area contributed by atoms with Gasteiger partial charge in [0.15, 0.2) is 0 Å². The Morgan fingerprint density at radius 3 is 2.33 bits per heavy atom. The summed E-state index contributed by atoms with van der Waals surface area (Å²) in [4.78, 5) is 0. The van der Waals surface area contributed by atoms with E-state index >= 15 is 0 Å². The van der Waals surface area contributed by atoms with E-state index in [1.807, 2.05) is 18.2 Å². The van der Waals surface area contributed by atoms with Gasteiger partial charge in [-0.15, -0.1) is 0 Å². The summed E-state index contributed by atoms with van der Waals surface area (Å²) in [6.07, 6.45) is 0.934. The molecule has 0 aliphatic rings. The van der Waals surface area contributed by atoms with Gasteiger partial charge in [0.1, 0.15) is 0 Å². The van der Waals surface area contributed by atoms with E-state index in [9.17, 15) is 0 Å². The van der Waals surface area contributed by atoms with Gasteiger partial charge in [-0.05, 0) is 43.1 Å². The van der Waals surface area contributed by atoms with Crippen LogP contribution in [0.2, 0.25) is 5.02 Å². The molecule has 0 bridgehead atoms. The third kappa shape index (κ3) is 3.12. The van der Waals surface area contributed by atoms with Crippen molar-refractivity contribution in [2.75, 3.05) is 6.54 Å². The molecule has 2 heteroatoms. The van der Waals surface area contributed by atoms with Crippen LogP contribution in [0.1, 0.15) is 29.0 Å². The highest BCUT2D eigenvalue weighted by Crippen LogP contribution is 2.29. The fourth-order valence-electron chi connectivity index (χ4n) is 2.30. The Morgan fingerprint density at radius 1 is 1.06 bits per heavy atom. The van der Waals surface area contributed by atoms with Gasteiger partial charge < -0.3 is 5.73 Å². The predicted octanol–water partition coefficient (Wildman–Crippen LogP) is 4.13. The second-order valence-corrected chi connectivity index (χ2v) is 5.04. The molecule has 0 aliphatic carbocycles. The van der Waals surface area contributed by atoms with Crippen molar-refractivity contribution in [1.29, 1.82) is 0 Å². The molecule has 2 aromatic carbocycles. The maximum atomic E-state index is 6.08. The van der Waals surface area contributed by atoms with Crippen molar-refractivity contribution < 1.29 is 0 Å². The van der Waals surface area contributed by atoms with Crippen LogP contribution in [-0.4, -0.2) is 6.54 Å². The SMILES string of the molecule is Cc1cccc(C(CCN)c2cccc(Cl)c2)c1. The highest BCUT2D eigenvalue weighted by atomic mass is 35.5. The van der Waals surface area contributed by atoms with Crippen LogP contribution in [0.3, 0.4) is 0 Å². The van der Waals surface area contributed by atoms with Crippen molar-refractivity contribution >= 4 is 11.6 Å². The van der Waals surface area contributed by atoms with E-state index in [4.69, 9.17) is 17.3 Å². The van der Waals surface area contributed by atoms with Gasteiger partial charge >= 0.3 is 0 Å². The van der Waals surface area contributed by atoms with Crippen LogP contribution >= 0.6 is 11.6 Å². The monoisotopic (exact) mass is 259 g/mol. The average molecular weight is 260 g/mol. The van der Waals surface area contributed by atoms with E-state index in [0.29, 0.717) is 12.5 Å². The molecule has 0 amide bonds. The van der Waals surface area contributed by atoms with E-state index in [2.05, 4.69) is 37.3 Å². The first kappa shape index (κ1) is 13.1. The Kier molecular flexibility index (Phi) is 4.40. The van der Waals surface area contributed by atoms with Gasteiger partial charge in [-0.3, -0.25) is 0 Å². The predicted molar refractivity (Wildman–Crippen MR) is 78.1 cm³/mol. The van der Waals surface area contributed by atoms with E-state index in [1.54, 1.807) is 0 Å². The lowest BCUT2D eigenvalue weighted by Crippen LogP contribution is -2.09. The highest BCUT2D eigenvalue weighted by Gasteiger charge is 2.13. The number of hydrogen-bond donors (Lipinski definition) is 1. The zero-order chi connectivity index (χ0) is 13.0. The molecule has 1 unspecified atom stereocenters. The quantitative estimate of drug-likeness (QED) is 0.878. The van der Waals surface area contributed by atoms with Gasteiger partial charge in [-0.1, -0.05) is 53.6 Å². The first-order chi connectivity index (χ1) is 8.70. The minimum absolute atomic E-state index is 0.327. The van der Waals surface area contributed by atoms with E-state index in [0.717, 1.165) is 11.4 Å². The molecule has 0 fully saturated rings. The smallest absolute Gasteiger partial charge is 0.0408 e. The zero-order valence-corrected chi connectivity index (χ0v) is 11.3. The number of benzene rings is 2. The van der Waals surface area contributed by atoms with E-state index in [1.165, 1.54) is 16.7 Å². The second-order valence-electron chi connectivity index (χ2n) is 4.60. The molecule has 1 nitrogen and oxygen atoms in total. The van der Waals surface area contributed by atoms with E-state index in [-0.39, 0.29) is 0 Å². The fraction of sp³-hybridized carbons (Fsp3) is 0.250. The molecule has 94 valence electrons. The third-order valence-corrected chi connectivity index (χ3v) is 3.39. The Bertz CT molecular complexity index is 477. The Hall–Kier alpha value is -1.31. The minimum atomic E-state index is 0.327. The van der Waals surface area contributed by atoms with Crippen LogP contribution in [0.5, 0.6) is 0 Å². The largest absolute Gasteiger partial charge is 0.330 e. The molecule has 2 aromatic rings. The third-order valence-electron chi connectivity index (χ3n) is 3.15. The highest BCUT2D eigenvalue weighted by molar-refractivity contribution is 6.30. The van der Waals surface area contributed by atoms with Gasteiger partial charge in [-0.2, -0.15) is 0 Å². The van der Waals surface area contributed by atoms with Crippen molar-refractivity contribution in [1.82, 2.24) is 0 Å². The number of nitrogens with two attached hydrogens (primary N) is 1. The molecule has 0 aromatic heterocycles. The summed E-state index contributed by atoms with van der Waals surface area (Å²) in [5.74, 6) is 0.327. The molecule has 0 saturated carbocycles. The molecule has 2 N–H and O–H groups in total. The first-order valence-corrected chi connectivity index (χ1v) is 6.60. The van der Waals surface area contributed by atoms with Gasteiger partial charge in [0.25, 0.3) is 0 Å². The molecule has 2 rings (SSSR count). The summed E-state index contributed by atoms with van der Waals surface area (Å²) >= 11 is 6.08. The lowest BCUT2D eigenvalue weighted by molar-refractivity contribution is 0.725. The fourth-order valence-corrected chi connectivity index (χ4v) is 2.50. The van der Waals surface area contributed by atoms with Crippen LogP contribution in [-0.2, 0) is 0 Å². The van der Waals surface area contributed by atoms with Gasteiger partial charge in [0.05, 0.1) is 0 Å². The summed E-state index contributed by atoms with van der Waals surface area (Å²) in [5.41, 5.74) is 9.56. The second kappa shape index (κ2) is 6.03. The number of hydrogen-bond acceptors (Lipinski definition) is 1. The summed E-state index contributed by atoms with van der Waals surface area (Å²) in [5, 5.41) is 0.780. The van der Waals surface area contributed by atoms with Crippen LogP contribution < -0.4 is 5.73 Å². The van der Waals surface area contributed by atoms with Crippen molar-refractivity contribution in [3.05, 3.63) is 70.2 Å². The van der Waals surface area contributed by atoms with Gasteiger partial charge in [0.2, 0.25) is 0 Å². The molecular formula is C16H18ClN. The van der Waals surface area contributed by atoms with Crippen molar-refractivity contribution in [3.63, 3.8) is 0 Å². The summed E-state index contributed by atoms with van der Waals surface area (Å²) in [6, 6.07) is 16.6. The Morgan fingerprint density at radius 2 is 1.72 bits per heavy atom. The molecule has 18 heavy (non-hydrogen) atoms. The molecule has 0 heterocycles. The number of rotatable bonds is 4. The molecule has 0 aliphatic heterocycles. The molecule has 0 saturated heterocycles. The normalized spacial score (nSPS) is 12.4. The lowest BCUT2D eigenvalue weighted by Gasteiger charge is -2.18. The first-order valence-electron chi connectivity index (χ1n) is 6.23. The topological polar surface area (TPSA) is 26.0 Å². The summed E-state index contributed by atoms with van der Waals surface area (Å²) in [6.45, 7) is 2.78. The average Bonchev–Trinajstić information content (AvgIpc) is 2.36. The van der Waals surface area contributed by atoms with Crippen LogP contribution in [0.15, 0.2) is 48.5 Å². The molecular weight excluding hydrogens is 242 g/mol. The number of halogens is 1. The van der Waals surface area contributed by atoms with Crippen LogP contribution in [0.25, 0.3) is 0 Å². The molecule has 0 radical (unpaired) electrons. The summed E-state index contributed by atoms with van der Waals surface area (Å²) < 4.78 is 0. The number of aryl methyl sites for hydroxylation is 1. The van der Waals surface area contributed by atoms with Crippen molar-refractivity contribution in [2.24, 2.45) is 5.73 Å². The maximum Gasteiger partial charge on any atom is 0.0408 e. The van der Waals surface area contributed by atoms with Crippen molar-refractivity contribution in [2.45, 2.75) is 19.3 Å². The standard InChI is InChI=1S/C16H18ClN/c1-12-4-2-5-13(10-12)16(8-9-18)14-6-3-7-15(17)11-14/h2-7,10-11,16H,8-9,18H2,1H3. The molecule has 1 atom stereocenters. The maximum absolute atomic E-state index is 6.08. The Labute approximate surface area is 114 Å². The van der Waals surface area contributed by atoms with Gasteiger partial charge in [0, 0.05) is 10.9 Å². The van der Waals surface area contributed by atoms with Gasteiger partial charge in [-0.25, -0.2) is 0 Å². The Balaban J connectivity index is 2.39. The lowest BCUT2D eigenvalue weighted by atomic mass is 9.88. The minimum Gasteiger partial charge on any atom is -0.330 e. The molecule has 0 spiro atoms. The van der Waals surface area contributed by atoms with Crippen LogP contribution in [0, 0.1) is 6.92 Å². The van der Waals surface area contributed by atoms with Crippen LogP contribution in [0.4, 0.5) is 0 Å². The zero-order valence-electron chi connectivity index (χ0n) is 10.6. The van der Waals surface area contributed by atoms with Crippen molar-refractivity contribution in [3.8, 4) is 0 Å².